The van der Waals surface area contributed by atoms with Crippen LogP contribution < -0.4 is 9.80 Å². The molecule has 0 amide bonds. The summed E-state index contributed by atoms with van der Waals surface area (Å²) in [5, 5.41) is 5.14. The highest BCUT2D eigenvalue weighted by Crippen LogP contribution is 2.54. The minimum atomic E-state index is -0.179. The number of benzene rings is 9. The second-order valence-electron chi connectivity index (χ2n) is 18.8. The lowest BCUT2D eigenvalue weighted by Crippen LogP contribution is -2.28. The molecule has 67 heavy (non-hydrogen) atoms. The van der Waals surface area contributed by atoms with Gasteiger partial charge in [-0.15, -0.1) is 11.3 Å². The molecule has 318 valence electrons. The third-order valence-electron chi connectivity index (χ3n) is 14.9. The summed E-state index contributed by atoms with van der Waals surface area (Å²) in [5.74, 6) is 0.229. The molecular formula is C63H45N3S. The van der Waals surface area contributed by atoms with Crippen molar-refractivity contribution < 1.29 is 0 Å². The number of hydrogen-bond acceptors (Lipinski definition) is 3. The van der Waals surface area contributed by atoms with Crippen molar-refractivity contribution in [1.29, 1.82) is 0 Å². The fourth-order valence-electron chi connectivity index (χ4n) is 11.9. The van der Waals surface area contributed by atoms with E-state index in [1.165, 1.54) is 98.0 Å². The first kappa shape index (κ1) is 38.4. The molecule has 4 heteroatoms. The zero-order valence-corrected chi connectivity index (χ0v) is 38.1. The van der Waals surface area contributed by atoms with E-state index in [4.69, 9.17) is 0 Å². The lowest BCUT2D eigenvalue weighted by Gasteiger charge is -2.28. The zero-order valence-electron chi connectivity index (χ0n) is 37.3. The van der Waals surface area contributed by atoms with Crippen molar-refractivity contribution in [3.05, 3.63) is 241 Å². The highest BCUT2D eigenvalue weighted by Gasteiger charge is 2.40. The van der Waals surface area contributed by atoms with Crippen LogP contribution in [-0.4, -0.2) is 10.6 Å². The van der Waals surface area contributed by atoms with Crippen LogP contribution in [-0.2, 0) is 5.41 Å². The molecule has 3 nitrogen and oxygen atoms in total. The molecule has 0 spiro atoms. The predicted molar refractivity (Wildman–Crippen MR) is 285 cm³/mol. The van der Waals surface area contributed by atoms with E-state index in [1.807, 2.05) is 11.3 Å². The number of para-hydroxylation sites is 2. The van der Waals surface area contributed by atoms with Gasteiger partial charge < -0.3 is 14.4 Å². The van der Waals surface area contributed by atoms with Gasteiger partial charge in [-0.05, 0) is 118 Å². The number of thiophene rings is 1. The highest BCUT2D eigenvalue weighted by atomic mass is 32.1. The fourth-order valence-corrected chi connectivity index (χ4v) is 13.1. The standard InChI is InChI=1S/C63H45N3S/c1-63(2)55-25-12-9-20-47(55)50-34-35-51-54-39-45(33-37-58(54)66(61(51)60(50)63)42-18-7-4-8-19-42)64(43-30-28-40(29-31-43)46-23-15-24-52-49-22-11-14-27-59(49)67-62(46)52)44-32-36-57-53(38-44)48-21-10-13-26-56(48)65(57)41-16-5-3-6-17-41/h3-39,48,56H,1-2H3. The van der Waals surface area contributed by atoms with Crippen molar-refractivity contribution in [2.24, 2.45) is 0 Å². The second-order valence-corrected chi connectivity index (χ2v) is 19.9. The van der Waals surface area contributed by atoms with Gasteiger partial charge in [0.1, 0.15) is 0 Å². The molecule has 0 radical (unpaired) electrons. The smallest absolute Gasteiger partial charge is 0.0629 e. The minimum Gasteiger partial charge on any atom is -0.333 e. The average molecular weight is 876 g/mol. The monoisotopic (exact) mass is 875 g/mol. The summed E-state index contributed by atoms with van der Waals surface area (Å²) < 4.78 is 5.17. The first-order valence-electron chi connectivity index (χ1n) is 23.4. The summed E-state index contributed by atoms with van der Waals surface area (Å²) in [6, 6.07) is 74.8. The van der Waals surface area contributed by atoms with Crippen LogP contribution in [0.4, 0.5) is 28.4 Å². The Balaban J connectivity index is 0.980. The van der Waals surface area contributed by atoms with Gasteiger partial charge >= 0.3 is 0 Å². The highest BCUT2D eigenvalue weighted by molar-refractivity contribution is 7.26. The fraction of sp³-hybridized carbons (Fsp3) is 0.0794. The number of nitrogens with zero attached hydrogens (tertiary/aromatic N) is 3. The Morgan fingerprint density at radius 1 is 0.507 bits per heavy atom. The molecule has 0 saturated carbocycles. The van der Waals surface area contributed by atoms with E-state index in [-0.39, 0.29) is 17.4 Å². The van der Waals surface area contributed by atoms with Crippen molar-refractivity contribution in [3.8, 4) is 27.9 Å². The summed E-state index contributed by atoms with van der Waals surface area (Å²) in [4.78, 5) is 4.99. The van der Waals surface area contributed by atoms with E-state index in [2.05, 4.69) is 253 Å². The Kier molecular flexibility index (Phi) is 8.32. The molecule has 2 unspecified atom stereocenters. The first-order chi connectivity index (χ1) is 33.0. The Bertz CT molecular complexity index is 3850. The molecule has 1 aliphatic heterocycles. The zero-order chi connectivity index (χ0) is 44.4. The van der Waals surface area contributed by atoms with Crippen molar-refractivity contribution in [2.45, 2.75) is 31.2 Å². The van der Waals surface area contributed by atoms with Crippen molar-refractivity contribution in [3.63, 3.8) is 0 Å². The molecule has 11 aromatic rings. The van der Waals surface area contributed by atoms with Crippen LogP contribution in [0, 0.1) is 0 Å². The molecule has 0 fully saturated rings. The maximum Gasteiger partial charge on any atom is 0.0629 e. The molecule has 2 aliphatic carbocycles. The number of aromatic nitrogens is 1. The van der Waals surface area contributed by atoms with Gasteiger partial charge in [-0.1, -0.05) is 159 Å². The number of rotatable bonds is 6. The molecule has 0 saturated heterocycles. The third kappa shape index (κ3) is 5.63. The van der Waals surface area contributed by atoms with E-state index in [1.54, 1.807) is 0 Å². The van der Waals surface area contributed by atoms with Crippen molar-refractivity contribution >= 4 is 81.8 Å². The molecule has 3 aliphatic rings. The van der Waals surface area contributed by atoms with Gasteiger partial charge in [-0.3, -0.25) is 0 Å². The van der Waals surface area contributed by atoms with E-state index >= 15 is 0 Å². The van der Waals surface area contributed by atoms with Crippen LogP contribution in [0.5, 0.6) is 0 Å². The Morgan fingerprint density at radius 3 is 2.04 bits per heavy atom. The van der Waals surface area contributed by atoms with Gasteiger partial charge in [0.15, 0.2) is 0 Å². The lowest BCUT2D eigenvalue weighted by atomic mass is 9.81. The van der Waals surface area contributed by atoms with Gasteiger partial charge in [-0.25, -0.2) is 0 Å². The minimum absolute atomic E-state index is 0.179. The Morgan fingerprint density at radius 2 is 1.19 bits per heavy atom. The molecule has 9 aromatic carbocycles. The maximum atomic E-state index is 2.52. The molecular weight excluding hydrogens is 831 g/mol. The second kappa shape index (κ2) is 14.5. The largest absolute Gasteiger partial charge is 0.333 e. The Labute approximate surface area is 394 Å². The van der Waals surface area contributed by atoms with E-state index in [0.29, 0.717) is 0 Å². The summed E-state index contributed by atoms with van der Waals surface area (Å²) in [5.41, 5.74) is 18.6. The molecule has 0 bridgehead atoms. The van der Waals surface area contributed by atoms with Gasteiger partial charge in [0.05, 0.1) is 17.1 Å². The number of allylic oxidation sites excluding steroid dienone is 2. The predicted octanol–water partition coefficient (Wildman–Crippen LogP) is 17.3. The van der Waals surface area contributed by atoms with Gasteiger partial charge in [-0.2, -0.15) is 0 Å². The van der Waals surface area contributed by atoms with Crippen molar-refractivity contribution in [1.82, 2.24) is 4.57 Å². The number of anilines is 5. The van der Waals surface area contributed by atoms with Crippen molar-refractivity contribution in [2.75, 3.05) is 9.80 Å². The summed E-state index contributed by atoms with van der Waals surface area (Å²) >= 11 is 1.89. The van der Waals surface area contributed by atoms with E-state index in [9.17, 15) is 0 Å². The molecule has 0 N–H and O–H groups in total. The quantitative estimate of drug-likeness (QED) is 0.165. The molecule has 14 rings (SSSR count). The van der Waals surface area contributed by atoms with Gasteiger partial charge in [0.2, 0.25) is 0 Å². The van der Waals surface area contributed by atoms with Gasteiger partial charge in [0.25, 0.3) is 0 Å². The topological polar surface area (TPSA) is 11.4 Å². The molecule has 2 aromatic heterocycles. The third-order valence-corrected chi connectivity index (χ3v) is 16.1. The molecule has 3 heterocycles. The van der Waals surface area contributed by atoms with Crippen LogP contribution in [0.1, 0.15) is 36.5 Å². The van der Waals surface area contributed by atoms with Crippen LogP contribution in [0.25, 0.3) is 69.9 Å². The van der Waals surface area contributed by atoms with Gasteiger partial charge in [0, 0.05) is 76.4 Å². The maximum absolute atomic E-state index is 2.52. The first-order valence-corrected chi connectivity index (χ1v) is 24.2. The Hall–Kier alpha value is -7.92. The number of fused-ring (bicyclic) bond motifs is 13. The number of hydrogen-bond donors (Lipinski definition) is 0. The van der Waals surface area contributed by atoms with Crippen LogP contribution >= 0.6 is 11.3 Å². The van der Waals surface area contributed by atoms with E-state index in [0.717, 1.165) is 17.1 Å². The van der Waals surface area contributed by atoms with E-state index < -0.39 is 0 Å². The SMILES string of the molecule is CC1(C)c2ccccc2-c2ccc3c4cc(N(c5ccc(-c6cccc7c6sc6ccccc67)cc5)c5ccc6c(c5)C5C=CC=CC5N6c5ccccc5)ccc4n(-c4ccccc4)c3c21. The van der Waals surface area contributed by atoms with Crippen LogP contribution in [0.3, 0.4) is 0 Å². The normalized spacial score (nSPS) is 16.5. The van der Waals surface area contributed by atoms with Crippen LogP contribution in [0.15, 0.2) is 224 Å². The summed E-state index contributed by atoms with van der Waals surface area (Å²) in [6.07, 6.45) is 9.16. The van der Waals surface area contributed by atoms with Crippen LogP contribution in [0.2, 0.25) is 0 Å². The lowest BCUT2D eigenvalue weighted by molar-refractivity contribution is 0.664. The average Bonchev–Trinajstić information content (AvgIpc) is 4.10. The summed E-state index contributed by atoms with van der Waals surface area (Å²) in [6.45, 7) is 4.80. The summed E-state index contributed by atoms with van der Waals surface area (Å²) in [7, 11) is 0. The molecule has 2 atom stereocenters.